The van der Waals surface area contributed by atoms with Gasteiger partial charge in [-0.15, -0.1) is 11.3 Å². The van der Waals surface area contributed by atoms with E-state index in [2.05, 4.69) is 9.97 Å². The first-order chi connectivity index (χ1) is 8.29. The van der Waals surface area contributed by atoms with Crippen LogP contribution in [-0.2, 0) is 0 Å². The minimum absolute atomic E-state index is 0.598. The molecule has 0 saturated carbocycles. The first kappa shape index (κ1) is 10.2. The number of imidazole rings is 1. The zero-order valence-corrected chi connectivity index (χ0v) is 9.94. The average molecular weight is 243 g/mol. The van der Waals surface area contributed by atoms with Crippen molar-refractivity contribution in [3.8, 4) is 10.6 Å². The Bertz CT molecular complexity index is 699. The van der Waals surface area contributed by atoms with Crippen LogP contribution in [-0.4, -0.2) is 20.7 Å². The van der Waals surface area contributed by atoms with Crippen LogP contribution in [0.15, 0.2) is 30.0 Å². The third-order valence-electron chi connectivity index (χ3n) is 2.62. The molecule has 0 fully saturated rings. The van der Waals surface area contributed by atoms with Gasteiger partial charge in [0.15, 0.2) is 6.29 Å². The Morgan fingerprint density at radius 1 is 1.47 bits per heavy atom. The van der Waals surface area contributed by atoms with Gasteiger partial charge >= 0.3 is 0 Å². The lowest BCUT2D eigenvalue weighted by atomic mass is 10.3. The average Bonchev–Trinajstić information content (AvgIpc) is 2.93. The normalized spacial score (nSPS) is 10.9. The molecule has 3 aromatic heterocycles. The summed E-state index contributed by atoms with van der Waals surface area (Å²) in [5.41, 5.74) is 4.91. The second-order valence-corrected chi connectivity index (χ2v) is 4.56. The molecule has 0 amide bonds. The van der Waals surface area contributed by atoms with Crippen molar-refractivity contribution in [2.75, 3.05) is 0 Å². The van der Waals surface area contributed by atoms with Crippen molar-refractivity contribution in [3.05, 3.63) is 41.3 Å². The van der Waals surface area contributed by atoms with Crippen LogP contribution in [0.25, 0.3) is 16.2 Å². The lowest BCUT2D eigenvalue weighted by molar-refractivity contribution is 0.112. The molecule has 17 heavy (non-hydrogen) atoms. The van der Waals surface area contributed by atoms with Gasteiger partial charge in [-0.05, 0) is 19.1 Å². The number of pyridine rings is 1. The molecule has 84 valence electrons. The number of carbonyl (C=O) groups excluding carboxylic acids is 1. The second kappa shape index (κ2) is 3.78. The number of aldehydes is 1. The summed E-state index contributed by atoms with van der Waals surface area (Å²) in [5, 5.41) is 0. The lowest BCUT2D eigenvalue weighted by Gasteiger charge is -1.93. The highest BCUT2D eigenvalue weighted by Gasteiger charge is 2.10. The van der Waals surface area contributed by atoms with Gasteiger partial charge < -0.3 is 4.40 Å². The molecule has 0 aliphatic rings. The number of aromatic nitrogens is 3. The molecule has 0 unspecified atom stereocenters. The van der Waals surface area contributed by atoms with Gasteiger partial charge in [0.2, 0.25) is 0 Å². The van der Waals surface area contributed by atoms with Crippen molar-refractivity contribution in [2.24, 2.45) is 0 Å². The summed E-state index contributed by atoms with van der Waals surface area (Å²) in [6.45, 7) is 1.95. The lowest BCUT2D eigenvalue weighted by Crippen LogP contribution is -1.88. The zero-order valence-electron chi connectivity index (χ0n) is 9.12. The molecule has 0 N–H and O–H groups in total. The maximum atomic E-state index is 10.9. The van der Waals surface area contributed by atoms with Gasteiger partial charge in [0.25, 0.3) is 0 Å². The topological polar surface area (TPSA) is 47.3 Å². The summed E-state index contributed by atoms with van der Waals surface area (Å²) in [6, 6.07) is 3.60. The summed E-state index contributed by atoms with van der Waals surface area (Å²) in [5.74, 6) is 0. The molecule has 3 heterocycles. The number of hydrogen-bond donors (Lipinski definition) is 0. The van der Waals surface area contributed by atoms with Crippen LogP contribution in [0.1, 0.15) is 16.1 Å². The van der Waals surface area contributed by atoms with E-state index in [1.807, 2.05) is 29.8 Å². The summed E-state index contributed by atoms with van der Waals surface area (Å²) in [4.78, 5) is 20.7. The van der Waals surface area contributed by atoms with E-state index in [1.54, 1.807) is 22.9 Å². The van der Waals surface area contributed by atoms with Crippen molar-refractivity contribution >= 4 is 23.3 Å². The third-order valence-corrected chi connectivity index (χ3v) is 3.57. The van der Waals surface area contributed by atoms with E-state index < -0.39 is 0 Å². The van der Waals surface area contributed by atoms with Gasteiger partial charge in [-0.3, -0.25) is 4.79 Å². The number of nitrogens with zero attached hydrogens (tertiary/aromatic N) is 3. The van der Waals surface area contributed by atoms with Crippen molar-refractivity contribution in [1.82, 2.24) is 14.4 Å². The van der Waals surface area contributed by atoms with Crippen molar-refractivity contribution < 1.29 is 4.79 Å². The number of carbonyl (C=O) groups is 1. The quantitative estimate of drug-likeness (QED) is 0.650. The van der Waals surface area contributed by atoms with Crippen LogP contribution < -0.4 is 0 Å². The van der Waals surface area contributed by atoms with Crippen LogP contribution in [0.2, 0.25) is 0 Å². The van der Waals surface area contributed by atoms with Crippen LogP contribution in [0.4, 0.5) is 0 Å². The fourth-order valence-electron chi connectivity index (χ4n) is 1.78. The van der Waals surface area contributed by atoms with Gasteiger partial charge in [0.05, 0.1) is 21.6 Å². The Morgan fingerprint density at radius 3 is 3.06 bits per heavy atom. The van der Waals surface area contributed by atoms with Crippen molar-refractivity contribution in [2.45, 2.75) is 6.92 Å². The second-order valence-electron chi connectivity index (χ2n) is 3.71. The highest BCUT2D eigenvalue weighted by atomic mass is 32.1. The first-order valence-electron chi connectivity index (χ1n) is 5.13. The maximum Gasteiger partial charge on any atom is 0.153 e. The summed E-state index contributed by atoms with van der Waals surface area (Å²) in [6.07, 6.45) is 4.63. The van der Waals surface area contributed by atoms with Crippen molar-refractivity contribution in [1.29, 1.82) is 0 Å². The van der Waals surface area contributed by atoms with E-state index in [-0.39, 0.29) is 0 Å². The van der Waals surface area contributed by atoms with E-state index in [9.17, 15) is 4.79 Å². The van der Waals surface area contributed by atoms with Crippen LogP contribution in [0.3, 0.4) is 0 Å². The van der Waals surface area contributed by atoms with E-state index in [0.29, 0.717) is 11.2 Å². The Kier molecular flexibility index (Phi) is 2.26. The molecular formula is C12H9N3OS. The molecule has 0 atom stereocenters. The number of hydrogen-bond acceptors (Lipinski definition) is 4. The predicted octanol–water partition coefficient (Wildman–Crippen LogP) is 2.58. The van der Waals surface area contributed by atoms with Gasteiger partial charge in [0.1, 0.15) is 11.3 Å². The van der Waals surface area contributed by atoms with Crippen LogP contribution >= 0.6 is 11.3 Å². The molecule has 0 bridgehead atoms. The molecule has 5 heteroatoms. The van der Waals surface area contributed by atoms with E-state index in [1.165, 1.54) is 0 Å². The highest BCUT2D eigenvalue weighted by Crippen LogP contribution is 2.26. The molecule has 0 aliphatic heterocycles. The Hall–Kier alpha value is -2.01. The van der Waals surface area contributed by atoms with Gasteiger partial charge in [-0.2, -0.15) is 0 Å². The molecule has 0 aromatic carbocycles. The Balaban J connectivity index is 2.27. The number of aryl methyl sites for hydroxylation is 1. The van der Waals surface area contributed by atoms with E-state index in [0.717, 1.165) is 22.6 Å². The summed E-state index contributed by atoms with van der Waals surface area (Å²) >= 11 is 1.56. The fourth-order valence-corrected chi connectivity index (χ4v) is 2.54. The van der Waals surface area contributed by atoms with Crippen molar-refractivity contribution in [3.63, 3.8) is 0 Å². The fraction of sp³-hybridized carbons (Fsp3) is 0.0833. The molecule has 0 saturated heterocycles. The smallest absolute Gasteiger partial charge is 0.153 e. The molecule has 0 aliphatic carbocycles. The SMILES string of the molecule is Cc1ncsc1-c1cn2cccc(C=O)c2n1. The Labute approximate surface area is 102 Å². The zero-order chi connectivity index (χ0) is 11.8. The first-order valence-corrected chi connectivity index (χ1v) is 6.01. The highest BCUT2D eigenvalue weighted by molar-refractivity contribution is 7.13. The molecule has 0 spiro atoms. The maximum absolute atomic E-state index is 10.9. The number of fused-ring (bicyclic) bond motifs is 1. The van der Waals surface area contributed by atoms with E-state index >= 15 is 0 Å². The largest absolute Gasteiger partial charge is 0.306 e. The van der Waals surface area contributed by atoms with E-state index in [4.69, 9.17) is 0 Å². The minimum Gasteiger partial charge on any atom is -0.306 e. The minimum atomic E-state index is 0.598. The van der Waals surface area contributed by atoms with Crippen LogP contribution in [0.5, 0.6) is 0 Å². The molecule has 3 aromatic rings. The standard InChI is InChI=1S/C12H9N3OS/c1-8-11(17-7-13-8)10-5-15-4-2-3-9(6-16)12(15)14-10/h2-7H,1H3. The van der Waals surface area contributed by atoms with Crippen LogP contribution in [0, 0.1) is 6.92 Å². The van der Waals surface area contributed by atoms with Gasteiger partial charge in [0, 0.05) is 12.4 Å². The number of rotatable bonds is 2. The van der Waals surface area contributed by atoms with Gasteiger partial charge in [-0.1, -0.05) is 0 Å². The third kappa shape index (κ3) is 1.55. The summed E-state index contributed by atoms with van der Waals surface area (Å²) in [7, 11) is 0. The summed E-state index contributed by atoms with van der Waals surface area (Å²) < 4.78 is 1.86. The predicted molar refractivity (Wildman–Crippen MR) is 66.4 cm³/mol. The number of thiazole rings is 1. The molecule has 4 nitrogen and oxygen atoms in total. The molecule has 3 rings (SSSR count). The van der Waals surface area contributed by atoms with Gasteiger partial charge in [-0.25, -0.2) is 9.97 Å². The molecular weight excluding hydrogens is 234 g/mol. The monoisotopic (exact) mass is 243 g/mol. The Morgan fingerprint density at radius 2 is 2.35 bits per heavy atom. The molecule has 0 radical (unpaired) electrons.